The first-order chi connectivity index (χ1) is 11.3. The van der Waals surface area contributed by atoms with Gasteiger partial charge in [-0.25, -0.2) is 0 Å². The summed E-state index contributed by atoms with van der Waals surface area (Å²) in [5, 5.41) is 3.34. The molecule has 1 aromatic rings. The summed E-state index contributed by atoms with van der Waals surface area (Å²) < 4.78 is 10.7. The highest BCUT2D eigenvalue weighted by Crippen LogP contribution is 2.33. The van der Waals surface area contributed by atoms with Crippen LogP contribution in [0.25, 0.3) is 0 Å². The van der Waals surface area contributed by atoms with Gasteiger partial charge in [0.05, 0.1) is 14.2 Å². The fraction of sp³-hybridized carbons (Fsp3) is 0.632. The summed E-state index contributed by atoms with van der Waals surface area (Å²) in [6.45, 7) is 10.0. The third-order valence-corrected chi connectivity index (χ3v) is 4.65. The quantitative estimate of drug-likeness (QED) is 0.897. The second-order valence-corrected chi connectivity index (χ2v) is 7.08. The third-order valence-electron chi connectivity index (χ3n) is 4.65. The van der Waals surface area contributed by atoms with E-state index < -0.39 is 0 Å². The zero-order valence-electron chi connectivity index (χ0n) is 15.7. The molecule has 5 nitrogen and oxygen atoms in total. The van der Waals surface area contributed by atoms with E-state index in [1.165, 1.54) is 6.42 Å². The van der Waals surface area contributed by atoms with Crippen LogP contribution in [0.2, 0.25) is 0 Å². The normalized spacial score (nSPS) is 22.0. The SMILES string of the molecule is COc1cc(C)c(N[C@H](C)C(=O)N2C[C@@H](C)C[C@H](C)C2)cc1OC. The van der Waals surface area contributed by atoms with E-state index in [1.54, 1.807) is 14.2 Å². The van der Waals surface area contributed by atoms with Gasteiger partial charge < -0.3 is 19.7 Å². The van der Waals surface area contributed by atoms with E-state index in [1.807, 2.05) is 30.9 Å². The predicted molar refractivity (Wildman–Crippen MR) is 96.9 cm³/mol. The number of hydrogen-bond acceptors (Lipinski definition) is 4. The molecule has 0 spiro atoms. The molecule has 5 heteroatoms. The molecular weight excluding hydrogens is 304 g/mol. The minimum atomic E-state index is -0.278. The van der Waals surface area contributed by atoms with E-state index in [2.05, 4.69) is 19.2 Å². The maximum Gasteiger partial charge on any atom is 0.244 e. The van der Waals surface area contributed by atoms with E-state index >= 15 is 0 Å². The lowest BCUT2D eigenvalue weighted by Crippen LogP contribution is -2.48. The number of anilines is 1. The Hall–Kier alpha value is -1.91. The number of hydrogen-bond donors (Lipinski definition) is 1. The van der Waals surface area contributed by atoms with Crippen molar-refractivity contribution in [3.63, 3.8) is 0 Å². The molecule has 1 heterocycles. The molecule has 1 aliphatic rings. The monoisotopic (exact) mass is 334 g/mol. The van der Waals surface area contributed by atoms with Crippen LogP contribution in [0.15, 0.2) is 12.1 Å². The number of nitrogens with zero attached hydrogens (tertiary/aromatic N) is 1. The first kappa shape index (κ1) is 18.4. The zero-order valence-corrected chi connectivity index (χ0v) is 15.7. The summed E-state index contributed by atoms with van der Waals surface area (Å²) in [7, 11) is 3.23. The second kappa shape index (κ2) is 7.77. The first-order valence-corrected chi connectivity index (χ1v) is 8.63. The second-order valence-electron chi connectivity index (χ2n) is 7.08. The van der Waals surface area contributed by atoms with Crippen LogP contribution in [0.4, 0.5) is 5.69 Å². The van der Waals surface area contributed by atoms with E-state index in [0.717, 1.165) is 24.3 Å². The highest BCUT2D eigenvalue weighted by atomic mass is 16.5. The Morgan fingerprint density at radius 1 is 1.17 bits per heavy atom. The lowest BCUT2D eigenvalue weighted by atomic mass is 9.91. The molecule has 24 heavy (non-hydrogen) atoms. The molecule has 0 radical (unpaired) electrons. The topological polar surface area (TPSA) is 50.8 Å². The van der Waals surface area contributed by atoms with Gasteiger partial charge in [0, 0.05) is 24.8 Å². The molecule has 1 N–H and O–H groups in total. The molecule has 2 rings (SSSR count). The fourth-order valence-corrected chi connectivity index (χ4v) is 3.55. The summed E-state index contributed by atoms with van der Waals surface area (Å²) in [5.41, 5.74) is 1.92. The highest BCUT2D eigenvalue weighted by Gasteiger charge is 2.28. The van der Waals surface area contributed by atoms with E-state index in [-0.39, 0.29) is 11.9 Å². The van der Waals surface area contributed by atoms with Crippen LogP contribution in [0.5, 0.6) is 11.5 Å². The first-order valence-electron chi connectivity index (χ1n) is 8.63. The summed E-state index contributed by atoms with van der Waals surface area (Å²) in [6, 6.07) is 3.53. The third kappa shape index (κ3) is 4.13. The van der Waals surface area contributed by atoms with Crippen molar-refractivity contribution in [3.8, 4) is 11.5 Å². The molecule has 3 atom stereocenters. The maximum absolute atomic E-state index is 12.8. The highest BCUT2D eigenvalue weighted by molar-refractivity contribution is 5.85. The lowest BCUT2D eigenvalue weighted by molar-refractivity contribution is -0.134. The number of rotatable bonds is 5. The van der Waals surface area contributed by atoms with Gasteiger partial charge in [0.25, 0.3) is 0 Å². The Balaban J connectivity index is 2.11. The van der Waals surface area contributed by atoms with Crippen molar-refractivity contribution in [2.24, 2.45) is 11.8 Å². The van der Waals surface area contributed by atoms with Crippen LogP contribution >= 0.6 is 0 Å². The van der Waals surface area contributed by atoms with Gasteiger partial charge in [-0.1, -0.05) is 13.8 Å². The Labute approximate surface area is 145 Å². The van der Waals surface area contributed by atoms with Crippen molar-refractivity contribution in [3.05, 3.63) is 17.7 Å². The number of ether oxygens (including phenoxy) is 2. The predicted octanol–water partition coefficient (Wildman–Crippen LogP) is 3.32. The molecule has 0 aliphatic carbocycles. The number of carbonyl (C=O) groups is 1. The number of methoxy groups -OCH3 is 2. The number of likely N-dealkylation sites (tertiary alicyclic amines) is 1. The van der Waals surface area contributed by atoms with E-state index in [0.29, 0.717) is 23.3 Å². The molecule has 0 unspecified atom stereocenters. The van der Waals surface area contributed by atoms with Crippen molar-refractivity contribution >= 4 is 11.6 Å². The largest absolute Gasteiger partial charge is 0.493 e. The van der Waals surface area contributed by atoms with Gasteiger partial charge in [-0.3, -0.25) is 4.79 Å². The number of amides is 1. The molecule has 1 amide bonds. The van der Waals surface area contributed by atoms with Crippen LogP contribution in [-0.4, -0.2) is 44.2 Å². The molecule has 134 valence electrons. The molecule has 1 aromatic carbocycles. The average molecular weight is 334 g/mol. The Morgan fingerprint density at radius 3 is 2.25 bits per heavy atom. The van der Waals surface area contributed by atoms with E-state index in [9.17, 15) is 4.79 Å². The van der Waals surface area contributed by atoms with Crippen LogP contribution in [0.1, 0.15) is 32.8 Å². The van der Waals surface area contributed by atoms with Gasteiger partial charge in [-0.05, 0) is 43.7 Å². The van der Waals surface area contributed by atoms with Crippen molar-refractivity contribution in [2.75, 3.05) is 32.6 Å². The number of piperidine rings is 1. The van der Waals surface area contributed by atoms with Gasteiger partial charge in [-0.15, -0.1) is 0 Å². The van der Waals surface area contributed by atoms with Crippen LogP contribution < -0.4 is 14.8 Å². The minimum Gasteiger partial charge on any atom is -0.493 e. The van der Waals surface area contributed by atoms with Gasteiger partial charge in [0.2, 0.25) is 5.91 Å². The summed E-state index contributed by atoms with van der Waals surface area (Å²) in [4.78, 5) is 14.8. The molecular formula is C19H30N2O3. The molecule has 1 saturated heterocycles. The Morgan fingerprint density at radius 2 is 1.71 bits per heavy atom. The fourth-order valence-electron chi connectivity index (χ4n) is 3.55. The van der Waals surface area contributed by atoms with Crippen LogP contribution in [0.3, 0.4) is 0 Å². The van der Waals surface area contributed by atoms with Gasteiger partial charge >= 0.3 is 0 Å². The van der Waals surface area contributed by atoms with Crippen molar-refractivity contribution in [1.82, 2.24) is 4.90 Å². The van der Waals surface area contributed by atoms with E-state index in [4.69, 9.17) is 9.47 Å². The van der Waals surface area contributed by atoms with Gasteiger partial charge in [0.15, 0.2) is 11.5 Å². The zero-order chi connectivity index (χ0) is 17.9. The van der Waals surface area contributed by atoms with Crippen LogP contribution in [0, 0.1) is 18.8 Å². The summed E-state index contributed by atoms with van der Waals surface area (Å²) in [6.07, 6.45) is 1.19. The molecule has 1 fully saturated rings. The number of carbonyl (C=O) groups excluding carboxylic acids is 1. The molecule has 0 saturated carbocycles. The molecule has 0 bridgehead atoms. The number of aryl methyl sites for hydroxylation is 1. The lowest BCUT2D eigenvalue weighted by Gasteiger charge is -2.36. The Bertz CT molecular complexity index is 578. The number of benzene rings is 1. The molecule has 1 aliphatic heterocycles. The van der Waals surface area contributed by atoms with Crippen molar-refractivity contribution in [1.29, 1.82) is 0 Å². The van der Waals surface area contributed by atoms with Crippen molar-refractivity contribution in [2.45, 2.75) is 40.2 Å². The number of nitrogens with one attached hydrogen (secondary N) is 1. The maximum atomic E-state index is 12.8. The van der Waals surface area contributed by atoms with Crippen LogP contribution in [-0.2, 0) is 4.79 Å². The Kier molecular flexibility index (Phi) is 5.97. The standard InChI is InChI=1S/C19H30N2O3/c1-12-7-13(2)11-21(10-12)19(22)15(4)20-16-9-18(24-6)17(23-5)8-14(16)3/h8-9,12-13,15,20H,7,10-11H2,1-6H3/t12-,13-,15+/m0/s1. The smallest absolute Gasteiger partial charge is 0.244 e. The van der Waals surface area contributed by atoms with Gasteiger partial charge in [0.1, 0.15) is 6.04 Å². The average Bonchev–Trinajstić information content (AvgIpc) is 2.54. The van der Waals surface area contributed by atoms with Crippen molar-refractivity contribution < 1.29 is 14.3 Å². The van der Waals surface area contributed by atoms with Gasteiger partial charge in [-0.2, -0.15) is 0 Å². The summed E-state index contributed by atoms with van der Waals surface area (Å²) in [5.74, 6) is 2.63. The summed E-state index contributed by atoms with van der Waals surface area (Å²) >= 11 is 0. The molecule has 0 aromatic heterocycles. The minimum absolute atomic E-state index is 0.155.